The maximum atomic E-state index is 13.6. The zero-order valence-electron chi connectivity index (χ0n) is 17.4. The first-order valence-electron chi connectivity index (χ1n) is 10.6. The number of hydrogen-bond acceptors (Lipinski definition) is 4. The van der Waals surface area contributed by atoms with Crippen molar-refractivity contribution in [3.8, 4) is 5.75 Å². The molecule has 2 fully saturated rings. The van der Waals surface area contributed by atoms with Crippen molar-refractivity contribution in [2.45, 2.75) is 31.7 Å². The fraction of sp³-hybridized carbons (Fsp3) is 0.435. The zero-order valence-corrected chi connectivity index (χ0v) is 18.2. The van der Waals surface area contributed by atoms with Gasteiger partial charge in [0.05, 0.1) is 17.3 Å². The summed E-state index contributed by atoms with van der Waals surface area (Å²) in [6.07, 6.45) is 6.67. The van der Waals surface area contributed by atoms with E-state index < -0.39 is 0 Å². The molecule has 2 aliphatic heterocycles. The highest BCUT2D eigenvalue weighted by Gasteiger charge is 2.35. The van der Waals surface area contributed by atoms with Gasteiger partial charge in [-0.05, 0) is 18.9 Å². The highest BCUT2D eigenvalue weighted by Crippen LogP contribution is 2.40. The first-order valence-corrected chi connectivity index (χ1v) is 11.4. The van der Waals surface area contributed by atoms with E-state index in [-0.39, 0.29) is 17.5 Å². The van der Waals surface area contributed by atoms with Crippen LogP contribution in [0.3, 0.4) is 0 Å². The number of carbonyl (C=O) groups excluding carboxylic acids is 1. The highest BCUT2D eigenvalue weighted by atomic mass is 32.1. The average Bonchev–Trinajstić information content (AvgIpc) is 3.51. The number of ether oxygens (including phenoxy) is 1. The van der Waals surface area contributed by atoms with Gasteiger partial charge >= 0.3 is 0 Å². The van der Waals surface area contributed by atoms with E-state index in [1.54, 1.807) is 18.7 Å². The molecule has 5 rings (SSSR count). The number of hydrogen-bond donors (Lipinski definition) is 0. The van der Waals surface area contributed by atoms with Crippen LogP contribution >= 0.6 is 11.3 Å². The molecule has 3 aromatic rings. The zero-order chi connectivity index (χ0) is 20.8. The Morgan fingerprint density at radius 1 is 1.23 bits per heavy atom. The lowest BCUT2D eigenvalue weighted by Crippen LogP contribution is -2.38. The second kappa shape index (κ2) is 7.54. The van der Waals surface area contributed by atoms with Crippen molar-refractivity contribution >= 4 is 44.4 Å². The van der Waals surface area contributed by atoms with E-state index >= 15 is 0 Å². The van der Waals surface area contributed by atoms with Crippen molar-refractivity contribution < 1.29 is 14.1 Å². The molecule has 0 saturated carbocycles. The fourth-order valence-corrected chi connectivity index (χ4v) is 6.09. The number of fused-ring (bicyclic) bond motifs is 3. The van der Waals surface area contributed by atoms with Gasteiger partial charge in [0.1, 0.15) is 29.4 Å². The summed E-state index contributed by atoms with van der Waals surface area (Å²) in [5.41, 5.74) is 0.733. The largest absolute Gasteiger partial charge is 0.494 e. The van der Waals surface area contributed by atoms with Crippen LogP contribution in [-0.4, -0.2) is 59.0 Å². The standard InChI is InChI=1S/C23H26N3O3S/c1-24-17-10-4-3-9-16(17)20-18(22(24)27)19(29-2)21(30-20)23(28)26-13-7-8-15(26)14-25-11-5-6-12-25/h3-4,9-10,14-15H,5-8,11-13H2,1-2H3/q+1/t15-/m0/s1. The number of para-hydroxylation sites is 1. The minimum Gasteiger partial charge on any atom is -0.494 e. The second-order valence-electron chi connectivity index (χ2n) is 8.15. The van der Waals surface area contributed by atoms with Gasteiger partial charge in [-0.2, -0.15) is 0 Å². The number of carbonyl (C=O) groups is 1. The maximum absolute atomic E-state index is 13.6. The van der Waals surface area contributed by atoms with Crippen molar-refractivity contribution in [2.75, 3.05) is 26.7 Å². The number of aromatic nitrogens is 1. The number of methoxy groups -OCH3 is 1. The van der Waals surface area contributed by atoms with Gasteiger partial charge in [0.2, 0.25) is 0 Å². The van der Waals surface area contributed by atoms with Gasteiger partial charge in [0, 0.05) is 31.8 Å². The first kappa shape index (κ1) is 19.3. The van der Waals surface area contributed by atoms with E-state index in [1.807, 2.05) is 29.2 Å². The van der Waals surface area contributed by atoms with Crippen LogP contribution in [0.4, 0.5) is 0 Å². The van der Waals surface area contributed by atoms with E-state index in [9.17, 15) is 9.59 Å². The summed E-state index contributed by atoms with van der Waals surface area (Å²) >= 11 is 1.38. The molecule has 30 heavy (non-hydrogen) atoms. The minimum atomic E-state index is -0.127. The molecule has 4 heterocycles. The van der Waals surface area contributed by atoms with E-state index in [0.29, 0.717) is 16.0 Å². The van der Waals surface area contributed by atoms with Gasteiger partial charge in [-0.3, -0.25) is 9.59 Å². The Balaban J connectivity index is 1.64. The molecule has 0 aliphatic carbocycles. The normalized spacial score (nSPS) is 19.2. The molecule has 1 atom stereocenters. The van der Waals surface area contributed by atoms with E-state index in [0.717, 1.165) is 48.1 Å². The molecule has 2 saturated heterocycles. The van der Waals surface area contributed by atoms with Crippen LogP contribution in [0.5, 0.6) is 5.75 Å². The van der Waals surface area contributed by atoms with Crippen molar-refractivity contribution in [3.63, 3.8) is 0 Å². The van der Waals surface area contributed by atoms with Gasteiger partial charge in [0.25, 0.3) is 11.5 Å². The van der Waals surface area contributed by atoms with Crippen LogP contribution in [0.1, 0.15) is 35.4 Å². The topological polar surface area (TPSA) is 54.5 Å². The summed E-state index contributed by atoms with van der Waals surface area (Å²) in [6, 6.07) is 7.94. The third-order valence-electron chi connectivity index (χ3n) is 6.38. The number of aryl methyl sites for hydroxylation is 1. The summed E-state index contributed by atoms with van der Waals surface area (Å²) in [7, 11) is 3.31. The average molecular weight is 425 g/mol. The molecule has 2 aromatic heterocycles. The number of nitrogens with zero attached hydrogens (tertiary/aromatic N) is 3. The third-order valence-corrected chi connectivity index (χ3v) is 7.57. The van der Waals surface area contributed by atoms with Crippen molar-refractivity contribution in [2.24, 2.45) is 7.05 Å². The van der Waals surface area contributed by atoms with E-state index in [4.69, 9.17) is 4.74 Å². The molecule has 0 unspecified atom stereocenters. The summed E-state index contributed by atoms with van der Waals surface area (Å²) in [5, 5.41) is 1.48. The van der Waals surface area contributed by atoms with Crippen LogP contribution in [0.2, 0.25) is 0 Å². The predicted molar refractivity (Wildman–Crippen MR) is 120 cm³/mol. The number of amides is 1. The van der Waals surface area contributed by atoms with Crippen molar-refractivity contribution in [3.05, 3.63) is 39.5 Å². The summed E-state index contributed by atoms with van der Waals surface area (Å²) < 4.78 is 10.5. The maximum Gasteiger partial charge on any atom is 0.268 e. The van der Waals surface area contributed by atoms with Gasteiger partial charge in [-0.1, -0.05) is 18.2 Å². The number of thiophene rings is 1. The molecule has 2 aliphatic rings. The quantitative estimate of drug-likeness (QED) is 0.607. The number of pyridine rings is 1. The Hall–Kier alpha value is -2.67. The van der Waals surface area contributed by atoms with Crippen LogP contribution in [0.25, 0.3) is 21.0 Å². The summed E-state index contributed by atoms with van der Waals surface area (Å²) in [4.78, 5) is 29.2. The molecular weight excluding hydrogens is 398 g/mol. The molecule has 6 nitrogen and oxygen atoms in total. The smallest absolute Gasteiger partial charge is 0.268 e. The summed E-state index contributed by atoms with van der Waals surface area (Å²) in [6.45, 7) is 2.89. The molecule has 1 aromatic carbocycles. The van der Waals surface area contributed by atoms with Gasteiger partial charge < -0.3 is 14.2 Å². The van der Waals surface area contributed by atoms with Gasteiger partial charge in [0.15, 0.2) is 12.0 Å². The fourth-order valence-electron chi connectivity index (χ4n) is 4.83. The SMILES string of the molecule is COc1c(C(=O)N2CCC[C@H]2C=[N+]2CCCC2)sc2c1c(=O)n(C)c1ccccc21. The van der Waals surface area contributed by atoms with E-state index in [2.05, 4.69) is 10.8 Å². The molecule has 0 spiro atoms. The number of benzene rings is 1. The van der Waals surface area contributed by atoms with Crippen molar-refractivity contribution in [1.82, 2.24) is 9.47 Å². The first-order chi connectivity index (χ1) is 14.6. The Labute approximate surface area is 179 Å². The molecule has 0 radical (unpaired) electrons. The summed E-state index contributed by atoms with van der Waals surface area (Å²) in [5.74, 6) is 0.385. The molecule has 1 amide bonds. The molecular formula is C23H26N3O3S+. The van der Waals surface area contributed by atoms with Crippen LogP contribution in [-0.2, 0) is 7.05 Å². The van der Waals surface area contributed by atoms with Crippen molar-refractivity contribution in [1.29, 1.82) is 0 Å². The Bertz CT molecular complexity index is 1230. The number of rotatable bonds is 3. The molecule has 0 N–H and O–H groups in total. The monoisotopic (exact) mass is 424 g/mol. The lowest BCUT2D eigenvalue weighted by Gasteiger charge is -2.20. The minimum absolute atomic E-state index is 0.0304. The lowest BCUT2D eigenvalue weighted by molar-refractivity contribution is -0.503. The Morgan fingerprint density at radius 2 is 2.00 bits per heavy atom. The Morgan fingerprint density at radius 3 is 2.77 bits per heavy atom. The second-order valence-corrected chi connectivity index (χ2v) is 9.17. The van der Waals surface area contributed by atoms with Gasteiger partial charge in [-0.15, -0.1) is 11.3 Å². The van der Waals surface area contributed by atoms with Crippen LogP contribution in [0, 0.1) is 0 Å². The molecule has 156 valence electrons. The third kappa shape index (κ3) is 2.95. The van der Waals surface area contributed by atoms with Crippen LogP contribution < -0.4 is 10.3 Å². The Kier molecular flexibility index (Phi) is 4.85. The number of likely N-dealkylation sites (tertiary alicyclic amines) is 1. The van der Waals surface area contributed by atoms with E-state index in [1.165, 1.54) is 24.2 Å². The van der Waals surface area contributed by atoms with Crippen LogP contribution in [0.15, 0.2) is 29.1 Å². The molecule has 7 heteroatoms. The molecule has 0 bridgehead atoms. The van der Waals surface area contributed by atoms with Gasteiger partial charge in [-0.25, -0.2) is 4.58 Å². The predicted octanol–water partition coefficient (Wildman–Crippen LogP) is 3.24. The lowest BCUT2D eigenvalue weighted by atomic mass is 10.1. The highest BCUT2D eigenvalue weighted by molar-refractivity contribution is 7.22.